The van der Waals surface area contributed by atoms with E-state index in [-0.39, 0.29) is 0 Å². The number of rotatable bonds is 2. The van der Waals surface area contributed by atoms with E-state index >= 15 is 0 Å². The monoisotopic (exact) mass is 156 g/mol. The van der Waals surface area contributed by atoms with E-state index in [0.717, 1.165) is 12.5 Å². The summed E-state index contributed by atoms with van der Waals surface area (Å²) in [6.07, 6.45) is 4.43. The maximum atomic E-state index is 5.67. The third kappa shape index (κ3) is 2.48. The third-order valence-corrected chi connectivity index (χ3v) is 2.74. The topological polar surface area (TPSA) is 9.23 Å². The molecule has 2 atom stereocenters. The first-order valence-corrected chi connectivity index (χ1v) is 4.85. The number of hydrogen-bond donors (Lipinski definition) is 0. The fourth-order valence-corrected chi connectivity index (χ4v) is 1.74. The molecule has 1 heterocycles. The molecule has 0 radical (unpaired) electrons. The van der Waals surface area contributed by atoms with Crippen LogP contribution in [-0.4, -0.2) is 12.7 Å². The van der Waals surface area contributed by atoms with Crippen LogP contribution in [0.25, 0.3) is 0 Å². The average molecular weight is 156 g/mol. The second kappa shape index (κ2) is 4.10. The van der Waals surface area contributed by atoms with Crippen molar-refractivity contribution in [3.8, 4) is 0 Å². The van der Waals surface area contributed by atoms with Crippen LogP contribution < -0.4 is 0 Å². The Hall–Kier alpha value is -0.0400. The first-order valence-electron chi connectivity index (χ1n) is 4.85. The van der Waals surface area contributed by atoms with Crippen LogP contribution in [-0.2, 0) is 4.74 Å². The molecule has 1 heteroatoms. The van der Waals surface area contributed by atoms with Crippen LogP contribution in [0.3, 0.4) is 0 Å². The standard InChI is InChI=1S/C10H20O/c1-4-9-5-6-11-10(7-9)8(2)3/h8-10H,4-7H2,1-3H3. The molecule has 0 bridgehead atoms. The van der Waals surface area contributed by atoms with Crippen molar-refractivity contribution in [2.24, 2.45) is 11.8 Å². The predicted molar refractivity (Wildman–Crippen MR) is 47.6 cm³/mol. The lowest BCUT2D eigenvalue weighted by Crippen LogP contribution is -2.29. The van der Waals surface area contributed by atoms with Gasteiger partial charge in [-0.15, -0.1) is 0 Å². The van der Waals surface area contributed by atoms with E-state index in [0.29, 0.717) is 12.0 Å². The minimum absolute atomic E-state index is 0.536. The van der Waals surface area contributed by atoms with Gasteiger partial charge < -0.3 is 4.74 Å². The summed E-state index contributed by atoms with van der Waals surface area (Å²) in [5.74, 6) is 1.63. The predicted octanol–water partition coefficient (Wildman–Crippen LogP) is 2.85. The maximum absolute atomic E-state index is 5.67. The highest BCUT2D eigenvalue weighted by molar-refractivity contribution is 4.72. The first kappa shape index (κ1) is 9.05. The summed E-state index contributed by atoms with van der Waals surface area (Å²) in [5.41, 5.74) is 0. The lowest BCUT2D eigenvalue weighted by Gasteiger charge is -2.31. The molecule has 0 aromatic carbocycles. The summed E-state index contributed by atoms with van der Waals surface area (Å²) in [6.45, 7) is 7.78. The Kier molecular flexibility index (Phi) is 3.38. The molecule has 1 rings (SSSR count). The summed E-state index contributed by atoms with van der Waals surface area (Å²) >= 11 is 0. The second-order valence-electron chi connectivity index (χ2n) is 3.95. The first-order chi connectivity index (χ1) is 5.24. The van der Waals surface area contributed by atoms with Crippen molar-refractivity contribution in [2.45, 2.75) is 46.1 Å². The fourth-order valence-electron chi connectivity index (χ4n) is 1.74. The Morgan fingerprint density at radius 2 is 2.18 bits per heavy atom. The third-order valence-electron chi connectivity index (χ3n) is 2.74. The van der Waals surface area contributed by atoms with Gasteiger partial charge in [0.1, 0.15) is 0 Å². The molecule has 0 aliphatic carbocycles. The maximum Gasteiger partial charge on any atom is 0.0600 e. The molecule has 1 aliphatic rings. The Morgan fingerprint density at radius 1 is 1.45 bits per heavy atom. The molecular weight excluding hydrogens is 136 g/mol. The van der Waals surface area contributed by atoms with Crippen LogP contribution in [0.1, 0.15) is 40.0 Å². The van der Waals surface area contributed by atoms with Crippen LogP contribution in [0.5, 0.6) is 0 Å². The van der Waals surface area contributed by atoms with E-state index in [2.05, 4.69) is 20.8 Å². The molecule has 66 valence electrons. The minimum atomic E-state index is 0.536. The smallest absolute Gasteiger partial charge is 0.0600 e. The summed E-state index contributed by atoms with van der Waals surface area (Å²) in [7, 11) is 0. The lowest BCUT2D eigenvalue weighted by molar-refractivity contribution is -0.0345. The largest absolute Gasteiger partial charge is 0.378 e. The van der Waals surface area contributed by atoms with Gasteiger partial charge in [-0.3, -0.25) is 0 Å². The minimum Gasteiger partial charge on any atom is -0.378 e. The molecule has 0 N–H and O–H groups in total. The van der Waals surface area contributed by atoms with Gasteiger partial charge in [0, 0.05) is 6.61 Å². The van der Waals surface area contributed by atoms with Gasteiger partial charge in [-0.2, -0.15) is 0 Å². The Morgan fingerprint density at radius 3 is 2.73 bits per heavy atom. The number of hydrogen-bond acceptors (Lipinski definition) is 1. The average Bonchev–Trinajstić information content (AvgIpc) is 2.05. The summed E-state index contributed by atoms with van der Waals surface area (Å²) in [4.78, 5) is 0. The van der Waals surface area contributed by atoms with Gasteiger partial charge >= 0.3 is 0 Å². The lowest BCUT2D eigenvalue weighted by atomic mass is 9.89. The summed E-state index contributed by atoms with van der Waals surface area (Å²) in [5, 5.41) is 0. The van der Waals surface area contributed by atoms with Gasteiger partial charge in [-0.1, -0.05) is 27.2 Å². The van der Waals surface area contributed by atoms with Crippen molar-refractivity contribution < 1.29 is 4.74 Å². The zero-order valence-electron chi connectivity index (χ0n) is 7.97. The van der Waals surface area contributed by atoms with E-state index in [9.17, 15) is 0 Å². The molecule has 0 aromatic rings. The zero-order chi connectivity index (χ0) is 8.27. The second-order valence-corrected chi connectivity index (χ2v) is 3.95. The molecule has 0 amide bonds. The van der Waals surface area contributed by atoms with Crippen LogP contribution in [0.15, 0.2) is 0 Å². The Bertz CT molecular complexity index is 109. The Balaban J connectivity index is 2.33. The van der Waals surface area contributed by atoms with Crippen molar-refractivity contribution in [3.63, 3.8) is 0 Å². The van der Waals surface area contributed by atoms with Crippen molar-refractivity contribution in [1.82, 2.24) is 0 Å². The Labute approximate surface area is 70.1 Å². The van der Waals surface area contributed by atoms with Crippen molar-refractivity contribution in [3.05, 3.63) is 0 Å². The van der Waals surface area contributed by atoms with E-state index in [1.165, 1.54) is 19.3 Å². The van der Waals surface area contributed by atoms with Crippen LogP contribution in [0, 0.1) is 11.8 Å². The molecule has 1 aliphatic heterocycles. The van der Waals surface area contributed by atoms with Gasteiger partial charge in [0.2, 0.25) is 0 Å². The van der Waals surface area contributed by atoms with Crippen LogP contribution in [0.4, 0.5) is 0 Å². The van der Waals surface area contributed by atoms with Crippen LogP contribution >= 0.6 is 0 Å². The molecule has 11 heavy (non-hydrogen) atoms. The molecule has 2 unspecified atom stereocenters. The van der Waals surface area contributed by atoms with Crippen molar-refractivity contribution in [1.29, 1.82) is 0 Å². The fraction of sp³-hybridized carbons (Fsp3) is 1.00. The van der Waals surface area contributed by atoms with Crippen molar-refractivity contribution >= 4 is 0 Å². The molecule has 1 saturated heterocycles. The van der Waals surface area contributed by atoms with Gasteiger partial charge in [0.15, 0.2) is 0 Å². The molecular formula is C10H20O. The van der Waals surface area contributed by atoms with Crippen molar-refractivity contribution in [2.75, 3.05) is 6.61 Å². The normalized spacial score (nSPS) is 32.7. The zero-order valence-corrected chi connectivity index (χ0v) is 7.97. The summed E-state index contributed by atoms with van der Waals surface area (Å²) in [6, 6.07) is 0. The van der Waals surface area contributed by atoms with Gasteiger partial charge in [0.25, 0.3) is 0 Å². The molecule has 1 nitrogen and oxygen atoms in total. The highest BCUT2D eigenvalue weighted by Gasteiger charge is 2.23. The van der Waals surface area contributed by atoms with E-state index in [1.807, 2.05) is 0 Å². The van der Waals surface area contributed by atoms with Gasteiger partial charge in [-0.25, -0.2) is 0 Å². The number of ether oxygens (including phenoxy) is 1. The highest BCUT2D eigenvalue weighted by Crippen LogP contribution is 2.26. The summed E-state index contributed by atoms with van der Waals surface area (Å²) < 4.78 is 5.67. The van der Waals surface area contributed by atoms with E-state index in [1.54, 1.807) is 0 Å². The van der Waals surface area contributed by atoms with Gasteiger partial charge in [0.05, 0.1) is 6.10 Å². The van der Waals surface area contributed by atoms with Crippen LogP contribution in [0.2, 0.25) is 0 Å². The SMILES string of the molecule is CCC1CCOC(C(C)C)C1. The quantitative estimate of drug-likeness (QED) is 0.597. The molecule has 0 aromatic heterocycles. The molecule has 1 fully saturated rings. The highest BCUT2D eigenvalue weighted by atomic mass is 16.5. The molecule has 0 saturated carbocycles. The van der Waals surface area contributed by atoms with E-state index < -0.39 is 0 Å². The molecule has 0 spiro atoms. The van der Waals surface area contributed by atoms with E-state index in [4.69, 9.17) is 4.74 Å². The van der Waals surface area contributed by atoms with Gasteiger partial charge in [-0.05, 0) is 24.7 Å².